The number of fused-ring (bicyclic) bond motifs is 1. The number of carbonyl (C=O) groups excluding carboxylic acids is 1. The lowest BCUT2D eigenvalue weighted by Gasteiger charge is -2.16. The van der Waals surface area contributed by atoms with Gasteiger partial charge in [0.15, 0.2) is 0 Å². The number of rotatable bonds is 0. The van der Waals surface area contributed by atoms with Crippen LogP contribution in [0.4, 0.5) is 4.79 Å². The van der Waals surface area contributed by atoms with Gasteiger partial charge in [0, 0.05) is 33.2 Å². The molecule has 0 bridgehead atoms. The Labute approximate surface area is 84.5 Å². The van der Waals surface area contributed by atoms with E-state index in [1.54, 1.807) is 7.05 Å². The summed E-state index contributed by atoms with van der Waals surface area (Å²) in [4.78, 5) is 13.2. The molecular weight excluding hydrogens is 190 g/mol. The summed E-state index contributed by atoms with van der Waals surface area (Å²) in [5.74, 6) is 1.39. The molecule has 2 fully saturated rings. The Kier molecular flexibility index (Phi) is 3.39. The number of likely N-dealkylation sites (tertiary alicyclic amines) is 1. The van der Waals surface area contributed by atoms with Crippen LogP contribution in [-0.2, 0) is 0 Å². The Hall–Kier alpha value is -0.480. The van der Waals surface area contributed by atoms with Gasteiger partial charge in [-0.1, -0.05) is 0 Å². The molecule has 4 nitrogen and oxygen atoms in total. The van der Waals surface area contributed by atoms with Crippen LogP contribution >= 0.6 is 12.4 Å². The third-order valence-corrected chi connectivity index (χ3v) is 2.89. The highest BCUT2D eigenvalue weighted by molar-refractivity contribution is 5.85. The predicted octanol–water partition coefficient (Wildman–Crippen LogP) is -0.101. The van der Waals surface area contributed by atoms with Crippen LogP contribution in [0.1, 0.15) is 0 Å². The lowest BCUT2D eigenvalue weighted by molar-refractivity contribution is 0.207. The van der Waals surface area contributed by atoms with Crippen LogP contribution in [0.15, 0.2) is 0 Å². The Morgan fingerprint density at radius 1 is 1.38 bits per heavy atom. The van der Waals surface area contributed by atoms with Gasteiger partial charge in [-0.3, -0.25) is 0 Å². The molecule has 0 spiro atoms. The lowest BCUT2D eigenvalue weighted by Crippen LogP contribution is -2.38. The summed E-state index contributed by atoms with van der Waals surface area (Å²) in [5, 5.41) is 6.01. The molecule has 5 heteroatoms. The van der Waals surface area contributed by atoms with Gasteiger partial charge in [0.2, 0.25) is 0 Å². The third kappa shape index (κ3) is 1.89. The summed E-state index contributed by atoms with van der Waals surface area (Å²) < 4.78 is 0. The summed E-state index contributed by atoms with van der Waals surface area (Å²) in [6.07, 6.45) is 0. The zero-order valence-corrected chi connectivity index (χ0v) is 8.56. The van der Waals surface area contributed by atoms with Crippen LogP contribution in [0, 0.1) is 11.8 Å². The van der Waals surface area contributed by atoms with Gasteiger partial charge in [0.25, 0.3) is 0 Å². The minimum Gasteiger partial charge on any atom is -0.341 e. The topological polar surface area (TPSA) is 44.4 Å². The molecule has 0 aromatic carbocycles. The van der Waals surface area contributed by atoms with Crippen LogP contribution in [0.3, 0.4) is 0 Å². The minimum absolute atomic E-state index is 0. The van der Waals surface area contributed by atoms with E-state index in [1.807, 2.05) is 4.90 Å². The maximum absolute atomic E-state index is 11.2. The van der Waals surface area contributed by atoms with Gasteiger partial charge in [-0.15, -0.1) is 12.4 Å². The van der Waals surface area contributed by atoms with E-state index in [1.165, 1.54) is 0 Å². The number of carbonyl (C=O) groups is 1. The predicted molar refractivity (Wildman–Crippen MR) is 53.1 cm³/mol. The fourth-order valence-electron chi connectivity index (χ4n) is 2.18. The van der Waals surface area contributed by atoms with Crippen molar-refractivity contribution in [3.8, 4) is 0 Å². The molecule has 0 radical (unpaired) electrons. The molecule has 0 aliphatic carbocycles. The molecule has 2 atom stereocenters. The molecular formula is C8H16ClN3O. The van der Waals surface area contributed by atoms with Crippen LogP contribution in [0.2, 0.25) is 0 Å². The van der Waals surface area contributed by atoms with E-state index in [0.717, 1.165) is 26.2 Å². The van der Waals surface area contributed by atoms with Crippen LogP contribution in [0.5, 0.6) is 0 Å². The van der Waals surface area contributed by atoms with Crippen molar-refractivity contribution in [2.45, 2.75) is 0 Å². The van der Waals surface area contributed by atoms with E-state index in [4.69, 9.17) is 0 Å². The van der Waals surface area contributed by atoms with Crippen LogP contribution < -0.4 is 10.6 Å². The third-order valence-electron chi connectivity index (χ3n) is 2.89. The number of urea groups is 1. The van der Waals surface area contributed by atoms with Crippen LogP contribution in [0.25, 0.3) is 0 Å². The molecule has 2 unspecified atom stereocenters. The zero-order chi connectivity index (χ0) is 8.55. The van der Waals surface area contributed by atoms with E-state index < -0.39 is 0 Å². The summed E-state index contributed by atoms with van der Waals surface area (Å²) in [6.45, 7) is 4.02. The molecule has 2 rings (SSSR count). The number of halogens is 1. The Balaban J connectivity index is 0.000000845. The first-order valence-corrected chi connectivity index (χ1v) is 4.48. The molecule has 2 N–H and O–H groups in total. The second kappa shape index (κ2) is 4.15. The van der Waals surface area contributed by atoms with Gasteiger partial charge in [-0.05, 0) is 11.8 Å². The first-order chi connectivity index (χ1) is 5.81. The first-order valence-electron chi connectivity index (χ1n) is 4.48. The largest absolute Gasteiger partial charge is 0.341 e. The average Bonchev–Trinajstić information content (AvgIpc) is 2.60. The molecule has 2 aliphatic heterocycles. The molecule has 76 valence electrons. The fourth-order valence-corrected chi connectivity index (χ4v) is 2.18. The highest BCUT2D eigenvalue weighted by Gasteiger charge is 2.37. The maximum Gasteiger partial charge on any atom is 0.317 e. The van der Waals surface area contributed by atoms with Crippen molar-refractivity contribution in [1.29, 1.82) is 0 Å². The second-order valence-electron chi connectivity index (χ2n) is 3.64. The normalized spacial score (nSPS) is 31.0. The number of hydrogen-bond acceptors (Lipinski definition) is 2. The van der Waals surface area contributed by atoms with E-state index in [9.17, 15) is 4.79 Å². The summed E-state index contributed by atoms with van der Waals surface area (Å²) >= 11 is 0. The van der Waals surface area contributed by atoms with E-state index in [0.29, 0.717) is 11.8 Å². The summed E-state index contributed by atoms with van der Waals surface area (Å²) in [5.41, 5.74) is 0. The first kappa shape index (κ1) is 10.6. The Bertz CT molecular complexity index is 188. The van der Waals surface area contributed by atoms with E-state index in [-0.39, 0.29) is 18.4 Å². The SMILES string of the molecule is CNC(=O)N1CC2CNCC2C1.Cl. The van der Waals surface area contributed by atoms with Crippen molar-refractivity contribution in [2.75, 3.05) is 33.2 Å². The number of hydrogen-bond donors (Lipinski definition) is 2. The summed E-state index contributed by atoms with van der Waals surface area (Å²) in [7, 11) is 1.69. The van der Waals surface area contributed by atoms with Gasteiger partial charge in [0.1, 0.15) is 0 Å². The van der Waals surface area contributed by atoms with Crippen molar-refractivity contribution in [3.05, 3.63) is 0 Å². The van der Waals surface area contributed by atoms with Gasteiger partial charge in [-0.25, -0.2) is 4.79 Å². The van der Waals surface area contributed by atoms with Gasteiger partial charge in [0.05, 0.1) is 0 Å². The number of nitrogens with one attached hydrogen (secondary N) is 2. The van der Waals surface area contributed by atoms with Gasteiger partial charge in [-0.2, -0.15) is 0 Å². The highest BCUT2D eigenvalue weighted by atomic mass is 35.5. The van der Waals surface area contributed by atoms with Crippen molar-refractivity contribution < 1.29 is 4.79 Å². The van der Waals surface area contributed by atoms with Gasteiger partial charge < -0.3 is 15.5 Å². The smallest absolute Gasteiger partial charge is 0.317 e. The van der Waals surface area contributed by atoms with Crippen molar-refractivity contribution in [3.63, 3.8) is 0 Å². The molecule has 0 saturated carbocycles. The van der Waals surface area contributed by atoms with E-state index >= 15 is 0 Å². The van der Waals surface area contributed by atoms with Crippen LogP contribution in [-0.4, -0.2) is 44.2 Å². The zero-order valence-electron chi connectivity index (χ0n) is 7.75. The van der Waals surface area contributed by atoms with Gasteiger partial charge >= 0.3 is 6.03 Å². The number of amides is 2. The van der Waals surface area contributed by atoms with Crippen molar-refractivity contribution in [1.82, 2.24) is 15.5 Å². The quantitative estimate of drug-likeness (QED) is 0.580. The molecule has 2 heterocycles. The van der Waals surface area contributed by atoms with Crippen molar-refractivity contribution >= 4 is 18.4 Å². The molecule has 0 aromatic rings. The van der Waals surface area contributed by atoms with Crippen molar-refractivity contribution in [2.24, 2.45) is 11.8 Å². The number of nitrogens with zero attached hydrogens (tertiary/aromatic N) is 1. The second-order valence-corrected chi connectivity index (χ2v) is 3.64. The fraction of sp³-hybridized carbons (Fsp3) is 0.875. The molecule has 2 aliphatic rings. The summed E-state index contributed by atoms with van der Waals surface area (Å²) in [6, 6.07) is 0.0735. The molecule has 2 saturated heterocycles. The highest BCUT2D eigenvalue weighted by Crippen LogP contribution is 2.25. The standard InChI is InChI=1S/C8H15N3O.ClH/c1-9-8(12)11-4-6-2-10-3-7(6)5-11;/h6-7,10H,2-5H2,1H3,(H,9,12);1H. The monoisotopic (exact) mass is 205 g/mol. The lowest BCUT2D eigenvalue weighted by atomic mass is 10.0. The Morgan fingerprint density at radius 2 is 1.92 bits per heavy atom. The van der Waals surface area contributed by atoms with E-state index in [2.05, 4.69) is 10.6 Å². The molecule has 0 aromatic heterocycles. The Morgan fingerprint density at radius 3 is 2.38 bits per heavy atom. The minimum atomic E-state index is 0. The molecule has 13 heavy (non-hydrogen) atoms. The maximum atomic E-state index is 11.2. The average molecular weight is 206 g/mol. The molecule has 2 amide bonds.